The van der Waals surface area contributed by atoms with Crippen LogP contribution in [0, 0.1) is 5.82 Å². The minimum Gasteiger partial charge on any atom is -0.486 e. The lowest BCUT2D eigenvalue weighted by Crippen LogP contribution is -2.53. The summed E-state index contributed by atoms with van der Waals surface area (Å²) in [5, 5.41) is 3.44. The summed E-state index contributed by atoms with van der Waals surface area (Å²) in [6.45, 7) is 5.56. The number of hydrogen-bond acceptors (Lipinski definition) is 6. The van der Waals surface area contributed by atoms with E-state index in [9.17, 15) is 22.4 Å². The molecular formula is C31H35ClFN3O6S. The van der Waals surface area contributed by atoms with Crippen molar-refractivity contribution in [1.82, 2.24) is 10.2 Å². The monoisotopic (exact) mass is 631 g/mol. The number of benzene rings is 3. The van der Waals surface area contributed by atoms with Gasteiger partial charge in [0.25, 0.3) is 10.0 Å². The normalized spacial score (nSPS) is 14.0. The number of halogens is 2. The van der Waals surface area contributed by atoms with Crippen LogP contribution in [0.4, 0.5) is 10.1 Å². The summed E-state index contributed by atoms with van der Waals surface area (Å²) in [6.07, 6.45) is 0.979. The zero-order chi connectivity index (χ0) is 31.1. The van der Waals surface area contributed by atoms with E-state index in [1.165, 1.54) is 35.2 Å². The lowest BCUT2D eigenvalue weighted by atomic mass is 10.1. The molecule has 0 saturated heterocycles. The van der Waals surface area contributed by atoms with Crippen LogP contribution in [0.25, 0.3) is 0 Å². The molecule has 0 radical (unpaired) electrons. The van der Waals surface area contributed by atoms with Gasteiger partial charge in [0, 0.05) is 23.7 Å². The molecule has 230 valence electrons. The lowest BCUT2D eigenvalue weighted by molar-refractivity contribution is -0.140. The highest BCUT2D eigenvalue weighted by atomic mass is 35.5. The number of ether oxygens (including phenoxy) is 2. The molecule has 0 saturated carbocycles. The predicted molar refractivity (Wildman–Crippen MR) is 162 cm³/mol. The van der Waals surface area contributed by atoms with Crippen LogP contribution < -0.4 is 19.1 Å². The van der Waals surface area contributed by atoms with Gasteiger partial charge in [0.05, 0.1) is 10.6 Å². The molecule has 0 aromatic heterocycles. The minimum atomic E-state index is -4.37. The van der Waals surface area contributed by atoms with Crippen LogP contribution in [-0.2, 0) is 26.2 Å². The number of carbonyl (C=O) groups excluding carboxylic acids is 2. The number of anilines is 1. The molecule has 0 bridgehead atoms. The van der Waals surface area contributed by atoms with Crippen LogP contribution in [0.1, 0.15) is 39.2 Å². The average molecular weight is 632 g/mol. The van der Waals surface area contributed by atoms with E-state index < -0.39 is 34.3 Å². The van der Waals surface area contributed by atoms with Gasteiger partial charge in [0.1, 0.15) is 31.6 Å². The zero-order valence-electron chi connectivity index (χ0n) is 24.3. The second-order valence-corrected chi connectivity index (χ2v) is 12.5. The van der Waals surface area contributed by atoms with Crippen molar-refractivity contribution in [2.45, 2.75) is 57.1 Å². The fourth-order valence-electron chi connectivity index (χ4n) is 4.59. The number of fused-ring (bicyclic) bond motifs is 1. The summed E-state index contributed by atoms with van der Waals surface area (Å²) in [5.74, 6) is -0.866. The molecule has 4 rings (SSSR count). The first-order chi connectivity index (χ1) is 20.5. The quantitative estimate of drug-likeness (QED) is 0.296. The average Bonchev–Trinajstić information content (AvgIpc) is 3.00. The molecule has 0 unspecified atom stereocenters. The standard InChI is InChI=1S/C31H35ClFN3O6S/c1-4-21(3)34-31(38)27(5-2)35(19-22-6-8-23(32)9-7-22)30(37)20-36(25-12-10-24(33)11-13-25)43(39,40)26-14-15-28-29(18-26)42-17-16-41-28/h6-15,18,21,27H,4-5,16-17,19-20H2,1-3H3,(H,34,38)/t21-,27+/m1/s1. The van der Waals surface area contributed by atoms with Crippen molar-refractivity contribution in [3.63, 3.8) is 0 Å². The summed E-state index contributed by atoms with van der Waals surface area (Å²) in [6, 6.07) is 14.8. The summed E-state index contributed by atoms with van der Waals surface area (Å²) < 4.78 is 54.1. The molecule has 0 fully saturated rings. The number of sulfonamides is 1. The third-order valence-corrected chi connectivity index (χ3v) is 9.17. The van der Waals surface area contributed by atoms with Gasteiger partial charge in [0.2, 0.25) is 11.8 Å². The molecule has 0 aliphatic carbocycles. The van der Waals surface area contributed by atoms with Crippen molar-refractivity contribution in [3.05, 3.63) is 83.1 Å². The van der Waals surface area contributed by atoms with Gasteiger partial charge in [0.15, 0.2) is 11.5 Å². The van der Waals surface area contributed by atoms with Gasteiger partial charge in [-0.05, 0) is 73.9 Å². The molecular weight excluding hydrogens is 597 g/mol. The number of nitrogens with zero attached hydrogens (tertiary/aromatic N) is 2. The number of nitrogens with one attached hydrogen (secondary N) is 1. The largest absolute Gasteiger partial charge is 0.486 e. The van der Waals surface area contributed by atoms with E-state index in [1.807, 2.05) is 13.8 Å². The number of rotatable bonds is 12. The van der Waals surface area contributed by atoms with E-state index in [1.54, 1.807) is 31.2 Å². The minimum absolute atomic E-state index is 0.0315. The van der Waals surface area contributed by atoms with Crippen molar-refractivity contribution < 1.29 is 31.9 Å². The molecule has 2 atom stereocenters. The van der Waals surface area contributed by atoms with Gasteiger partial charge in [-0.2, -0.15) is 0 Å². The highest BCUT2D eigenvalue weighted by Crippen LogP contribution is 2.34. The Labute approximate surface area is 256 Å². The number of hydrogen-bond donors (Lipinski definition) is 1. The Morgan fingerprint density at radius 3 is 2.23 bits per heavy atom. The fourth-order valence-corrected chi connectivity index (χ4v) is 6.15. The van der Waals surface area contributed by atoms with Gasteiger partial charge in [-0.3, -0.25) is 13.9 Å². The number of carbonyl (C=O) groups is 2. The summed E-state index contributed by atoms with van der Waals surface area (Å²) in [5.41, 5.74) is 0.781. The van der Waals surface area contributed by atoms with Crippen LogP contribution in [0.2, 0.25) is 5.02 Å². The first kappa shape index (κ1) is 32.1. The van der Waals surface area contributed by atoms with Crippen molar-refractivity contribution in [1.29, 1.82) is 0 Å². The molecule has 1 aliphatic heterocycles. The van der Waals surface area contributed by atoms with Crippen molar-refractivity contribution >= 4 is 39.1 Å². The SMILES string of the molecule is CC[C@@H](C)NC(=O)[C@H](CC)N(Cc1ccc(Cl)cc1)C(=O)CN(c1ccc(F)cc1)S(=O)(=O)c1ccc2c(c1)OCCO2. The topological polar surface area (TPSA) is 105 Å². The molecule has 0 spiro atoms. The zero-order valence-corrected chi connectivity index (χ0v) is 25.8. The fraction of sp³-hybridized carbons (Fsp3) is 0.355. The van der Waals surface area contributed by atoms with E-state index in [0.717, 1.165) is 16.4 Å². The van der Waals surface area contributed by atoms with Gasteiger partial charge in [-0.1, -0.05) is 37.6 Å². The molecule has 9 nitrogen and oxygen atoms in total. The number of amides is 2. The second kappa shape index (κ2) is 14.1. The predicted octanol–water partition coefficient (Wildman–Crippen LogP) is 5.17. The van der Waals surface area contributed by atoms with Gasteiger partial charge in [-0.25, -0.2) is 12.8 Å². The molecule has 1 N–H and O–H groups in total. The van der Waals surface area contributed by atoms with Crippen molar-refractivity contribution in [3.8, 4) is 11.5 Å². The van der Waals surface area contributed by atoms with Gasteiger partial charge in [-0.15, -0.1) is 0 Å². The van der Waals surface area contributed by atoms with Crippen molar-refractivity contribution in [2.24, 2.45) is 0 Å². The van der Waals surface area contributed by atoms with Crippen LogP contribution in [-0.4, -0.2) is 57.0 Å². The van der Waals surface area contributed by atoms with Gasteiger partial charge < -0.3 is 19.7 Å². The highest BCUT2D eigenvalue weighted by Gasteiger charge is 2.34. The first-order valence-corrected chi connectivity index (χ1v) is 15.9. The summed E-state index contributed by atoms with van der Waals surface area (Å²) in [4.78, 5) is 28.7. The molecule has 2 amide bonds. The Balaban J connectivity index is 1.74. The lowest BCUT2D eigenvalue weighted by Gasteiger charge is -2.33. The van der Waals surface area contributed by atoms with E-state index in [-0.39, 0.29) is 47.9 Å². The van der Waals surface area contributed by atoms with Crippen LogP contribution in [0.15, 0.2) is 71.6 Å². The maximum Gasteiger partial charge on any atom is 0.264 e. The van der Waals surface area contributed by atoms with E-state index in [2.05, 4.69) is 5.32 Å². The molecule has 1 heterocycles. The third-order valence-electron chi connectivity index (χ3n) is 7.15. The smallest absolute Gasteiger partial charge is 0.264 e. The molecule has 3 aromatic rings. The van der Waals surface area contributed by atoms with Gasteiger partial charge >= 0.3 is 0 Å². The summed E-state index contributed by atoms with van der Waals surface area (Å²) in [7, 11) is -4.37. The van der Waals surface area contributed by atoms with Crippen LogP contribution in [0.3, 0.4) is 0 Å². The summed E-state index contributed by atoms with van der Waals surface area (Å²) >= 11 is 6.06. The maximum absolute atomic E-state index is 14.1. The highest BCUT2D eigenvalue weighted by molar-refractivity contribution is 7.92. The molecule has 1 aliphatic rings. The Kier molecular flexibility index (Phi) is 10.5. The second-order valence-electron chi connectivity index (χ2n) is 10.2. The first-order valence-electron chi connectivity index (χ1n) is 14.1. The van der Waals surface area contributed by atoms with Crippen molar-refractivity contribution in [2.75, 3.05) is 24.1 Å². The Hall–Kier alpha value is -3.83. The van der Waals surface area contributed by atoms with E-state index in [0.29, 0.717) is 29.4 Å². The molecule has 43 heavy (non-hydrogen) atoms. The maximum atomic E-state index is 14.1. The third kappa shape index (κ3) is 7.77. The molecule has 12 heteroatoms. The Morgan fingerprint density at radius 1 is 0.953 bits per heavy atom. The molecule has 3 aromatic carbocycles. The Morgan fingerprint density at radius 2 is 1.60 bits per heavy atom. The Bertz CT molecular complexity index is 1540. The van der Waals surface area contributed by atoms with E-state index >= 15 is 0 Å². The van der Waals surface area contributed by atoms with E-state index in [4.69, 9.17) is 21.1 Å². The van der Waals surface area contributed by atoms with Crippen LogP contribution >= 0.6 is 11.6 Å². The van der Waals surface area contributed by atoms with Crippen LogP contribution in [0.5, 0.6) is 11.5 Å².